The molecular weight excluding hydrogens is 452 g/mol. The average molecular weight is 471 g/mol. The number of benzene rings is 2. The van der Waals surface area contributed by atoms with Crippen molar-refractivity contribution in [2.45, 2.75) is 6.42 Å². The minimum Gasteiger partial charge on any atom is -0.493 e. The molecule has 4 amide bonds. The van der Waals surface area contributed by atoms with Crippen molar-refractivity contribution in [3.63, 3.8) is 0 Å². The second-order valence-corrected chi connectivity index (χ2v) is 7.26. The number of hydrogen-bond acceptors (Lipinski definition) is 6. The molecule has 3 rings (SSSR count). The van der Waals surface area contributed by atoms with E-state index < -0.39 is 30.4 Å². The number of allylic oxidation sites excluding steroid dienone is 1. The molecule has 10 heteroatoms. The molecule has 2 aromatic carbocycles. The molecule has 0 spiro atoms. The van der Waals surface area contributed by atoms with E-state index in [1.807, 2.05) is 0 Å². The summed E-state index contributed by atoms with van der Waals surface area (Å²) in [5.74, 6) is -2.42. The Morgan fingerprint density at radius 1 is 1.21 bits per heavy atom. The Bertz CT molecular complexity index is 1170. The summed E-state index contributed by atoms with van der Waals surface area (Å²) in [4.78, 5) is 49.6. The zero-order valence-electron chi connectivity index (χ0n) is 17.5. The highest BCUT2D eigenvalue weighted by atomic mass is 35.5. The summed E-state index contributed by atoms with van der Waals surface area (Å²) in [6, 6.07) is 8.20. The molecule has 0 saturated carbocycles. The van der Waals surface area contributed by atoms with E-state index in [9.17, 15) is 19.2 Å². The maximum Gasteiger partial charge on any atom is 0.341 e. The fraction of sp³-hybridized carbons (Fsp3) is 0.130. The molecule has 1 heterocycles. The number of carbonyl (C=O) groups is 4. The Labute approximate surface area is 193 Å². The molecule has 0 radical (unpaired) electrons. The van der Waals surface area contributed by atoms with Gasteiger partial charge >= 0.3 is 12.0 Å². The molecule has 0 aromatic heterocycles. The van der Waals surface area contributed by atoms with E-state index >= 15 is 0 Å². The van der Waals surface area contributed by atoms with Crippen LogP contribution in [0, 0.1) is 0 Å². The first-order chi connectivity index (χ1) is 15.7. The van der Waals surface area contributed by atoms with E-state index in [-0.39, 0.29) is 22.8 Å². The number of carboxylic acids is 1. The SMILES string of the molecule is C=CCc1cc(/C=C2/C(=O)NC(=O)N(c3ccc(Cl)cc3)C2=O)cc(OC)c1OCC(=O)O. The molecule has 1 aliphatic heterocycles. The van der Waals surface area contributed by atoms with Crippen LogP contribution in [0.4, 0.5) is 10.5 Å². The quantitative estimate of drug-likeness (QED) is 0.345. The van der Waals surface area contributed by atoms with Gasteiger partial charge in [0.05, 0.1) is 12.8 Å². The third-order valence-electron chi connectivity index (χ3n) is 4.58. The molecule has 0 unspecified atom stereocenters. The number of halogens is 1. The summed E-state index contributed by atoms with van der Waals surface area (Å²) in [6.45, 7) is 3.09. The number of barbiturate groups is 1. The number of carbonyl (C=O) groups excluding carboxylic acids is 3. The highest BCUT2D eigenvalue weighted by Crippen LogP contribution is 2.35. The van der Waals surface area contributed by atoms with Crippen LogP contribution in [-0.2, 0) is 20.8 Å². The maximum absolute atomic E-state index is 13.1. The summed E-state index contributed by atoms with van der Waals surface area (Å²) < 4.78 is 10.7. The van der Waals surface area contributed by atoms with Crippen molar-refractivity contribution >= 4 is 47.2 Å². The average Bonchev–Trinajstić information content (AvgIpc) is 2.76. The van der Waals surface area contributed by atoms with Crippen molar-refractivity contribution in [1.82, 2.24) is 5.32 Å². The lowest BCUT2D eigenvalue weighted by atomic mass is 10.0. The number of urea groups is 1. The lowest BCUT2D eigenvalue weighted by molar-refractivity contribution is -0.139. The normalized spacial score (nSPS) is 14.8. The Balaban J connectivity index is 2.04. The fourth-order valence-electron chi connectivity index (χ4n) is 3.17. The van der Waals surface area contributed by atoms with E-state index in [4.69, 9.17) is 26.2 Å². The number of nitrogens with one attached hydrogen (secondary N) is 1. The highest BCUT2D eigenvalue weighted by molar-refractivity contribution is 6.39. The van der Waals surface area contributed by atoms with Crippen LogP contribution >= 0.6 is 11.6 Å². The number of anilines is 1. The van der Waals surface area contributed by atoms with Crippen molar-refractivity contribution in [3.8, 4) is 11.5 Å². The number of amides is 4. The second-order valence-electron chi connectivity index (χ2n) is 6.82. The van der Waals surface area contributed by atoms with E-state index in [0.717, 1.165) is 4.90 Å². The molecular formula is C23H19ClN2O7. The zero-order valence-corrected chi connectivity index (χ0v) is 18.2. The second kappa shape index (κ2) is 10.0. The van der Waals surface area contributed by atoms with Gasteiger partial charge in [0, 0.05) is 10.6 Å². The topological polar surface area (TPSA) is 122 Å². The Morgan fingerprint density at radius 3 is 2.52 bits per heavy atom. The molecule has 33 heavy (non-hydrogen) atoms. The van der Waals surface area contributed by atoms with E-state index in [2.05, 4.69) is 11.9 Å². The van der Waals surface area contributed by atoms with Gasteiger partial charge in [-0.05, 0) is 54.5 Å². The number of rotatable bonds is 8. The van der Waals surface area contributed by atoms with Gasteiger partial charge in [-0.1, -0.05) is 17.7 Å². The van der Waals surface area contributed by atoms with Gasteiger partial charge in [0.15, 0.2) is 18.1 Å². The van der Waals surface area contributed by atoms with Gasteiger partial charge in [0.1, 0.15) is 5.57 Å². The first-order valence-corrected chi connectivity index (χ1v) is 9.96. The van der Waals surface area contributed by atoms with Gasteiger partial charge in [0.25, 0.3) is 11.8 Å². The predicted molar refractivity (Wildman–Crippen MR) is 120 cm³/mol. The summed E-state index contributed by atoms with van der Waals surface area (Å²) in [5, 5.41) is 11.5. The first kappa shape index (κ1) is 23.6. The molecule has 1 aliphatic rings. The number of carboxylic acid groups (broad SMARTS) is 1. The molecule has 0 atom stereocenters. The number of ether oxygens (including phenoxy) is 2. The summed E-state index contributed by atoms with van der Waals surface area (Å²) in [5.41, 5.74) is 0.889. The van der Waals surface area contributed by atoms with Crippen molar-refractivity contribution in [1.29, 1.82) is 0 Å². The molecule has 1 saturated heterocycles. The van der Waals surface area contributed by atoms with Crippen molar-refractivity contribution < 1.29 is 33.8 Å². The zero-order chi connectivity index (χ0) is 24.1. The largest absolute Gasteiger partial charge is 0.493 e. The molecule has 1 fully saturated rings. The van der Waals surface area contributed by atoms with Crippen LogP contribution in [0.2, 0.25) is 5.02 Å². The summed E-state index contributed by atoms with van der Waals surface area (Å²) >= 11 is 5.87. The van der Waals surface area contributed by atoms with E-state index in [1.54, 1.807) is 12.1 Å². The minimum atomic E-state index is -1.16. The van der Waals surface area contributed by atoms with Crippen LogP contribution in [0.3, 0.4) is 0 Å². The maximum atomic E-state index is 13.1. The minimum absolute atomic E-state index is 0.205. The number of hydrogen-bond donors (Lipinski definition) is 2. The van der Waals surface area contributed by atoms with Gasteiger partial charge in [-0.2, -0.15) is 0 Å². The van der Waals surface area contributed by atoms with Crippen molar-refractivity contribution in [2.24, 2.45) is 0 Å². The predicted octanol–water partition coefficient (Wildman–Crippen LogP) is 3.21. The van der Waals surface area contributed by atoms with Gasteiger partial charge in [-0.25, -0.2) is 14.5 Å². The van der Waals surface area contributed by atoms with Crippen LogP contribution in [0.15, 0.2) is 54.6 Å². The third kappa shape index (κ3) is 5.21. The molecule has 170 valence electrons. The molecule has 2 aromatic rings. The van der Waals surface area contributed by atoms with Gasteiger partial charge in [-0.3, -0.25) is 14.9 Å². The van der Waals surface area contributed by atoms with Gasteiger partial charge in [0.2, 0.25) is 0 Å². The van der Waals surface area contributed by atoms with E-state index in [0.29, 0.717) is 22.6 Å². The number of nitrogens with zero attached hydrogens (tertiary/aromatic N) is 1. The number of aliphatic carboxylic acids is 1. The van der Waals surface area contributed by atoms with Gasteiger partial charge in [-0.15, -0.1) is 6.58 Å². The highest BCUT2D eigenvalue weighted by Gasteiger charge is 2.36. The number of imide groups is 2. The first-order valence-electron chi connectivity index (χ1n) is 9.58. The fourth-order valence-corrected chi connectivity index (χ4v) is 3.30. The van der Waals surface area contributed by atoms with Crippen molar-refractivity contribution in [2.75, 3.05) is 18.6 Å². The summed E-state index contributed by atoms with van der Waals surface area (Å²) in [6.07, 6.45) is 3.19. The molecule has 0 aliphatic carbocycles. The van der Waals surface area contributed by atoms with Crippen molar-refractivity contribution in [3.05, 3.63) is 70.8 Å². The van der Waals surface area contributed by atoms with Gasteiger partial charge < -0.3 is 14.6 Å². The Hall–Kier alpha value is -4.11. The molecule has 0 bridgehead atoms. The Morgan fingerprint density at radius 2 is 1.91 bits per heavy atom. The lowest BCUT2D eigenvalue weighted by Crippen LogP contribution is -2.54. The third-order valence-corrected chi connectivity index (χ3v) is 4.83. The summed E-state index contributed by atoms with van der Waals surface area (Å²) in [7, 11) is 1.37. The van der Waals surface area contributed by atoms with Crippen LogP contribution in [-0.4, -0.2) is 42.6 Å². The monoisotopic (exact) mass is 470 g/mol. The van der Waals surface area contributed by atoms with Crippen LogP contribution in [0.25, 0.3) is 6.08 Å². The van der Waals surface area contributed by atoms with Crippen LogP contribution < -0.4 is 19.7 Å². The van der Waals surface area contributed by atoms with E-state index in [1.165, 1.54) is 43.5 Å². The number of methoxy groups -OCH3 is 1. The Kier molecular flexibility index (Phi) is 7.14. The van der Waals surface area contributed by atoms with Crippen LogP contribution in [0.5, 0.6) is 11.5 Å². The lowest BCUT2D eigenvalue weighted by Gasteiger charge is -2.26. The van der Waals surface area contributed by atoms with Crippen LogP contribution in [0.1, 0.15) is 11.1 Å². The standard InChI is InChI=1S/C23H19ClN2O7/c1-3-4-14-9-13(11-18(32-2)20(14)33-12-19(27)28)10-17-21(29)25-23(31)26(22(17)30)16-7-5-15(24)6-8-16/h3,5-11H,1,4,12H2,2H3,(H,27,28)(H,25,29,31)/b17-10-. The molecule has 2 N–H and O–H groups in total. The molecule has 9 nitrogen and oxygen atoms in total. The smallest absolute Gasteiger partial charge is 0.341 e.